The molecule has 0 amide bonds. The minimum atomic E-state index is -1.33. The Morgan fingerprint density at radius 1 is 1.09 bits per heavy atom. The van der Waals surface area contributed by atoms with Gasteiger partial charge in [-0.25, -0.2) is 4.79 Å². The summed E-state index contributed by atoms with van der Waals surface area (Å²) in [7, 11) is 0. The molecule has 0 saturated carbocycles. The second kappa shape index (κ2) is 8.56. The molecule has 0 radical (unpaired) electrons. The molecule has 0 aliphatic heterocycles. The van der Waals surface area contributed by atoms with Crippen LogP contribution in [0.4, 0.5) is 0 Å². The summed E-state index contributed by atoms with van der Waals surface area (Å²) in [4.78, 5) is 45.2. The van der Waals surface area contributed by atoms with E-state index in [9.17, 15) is 19.2 Å². The molecular weight excluding hydrogens is 292 g/mol. The van der Waals surface area contributed by atoms with Crippen molar-refractivity contribution in [1.82, 2.24) is 0 Å². The topological polar surface area (TPSA) is 107 Å². The molecule has 1 rings (SSSR count). The summed E-state index contributed by atoms with van der Waals surface area (Å²) < 4.78 is 9.81. The second-order valence-corrected chi connectivity index (χ2v) is 4.32. The summed E-state index contributed by atoms with van der Waals surface area (Å²) in [6, 6.07) is 8.20. The number of carbonyl (C=O) groups excluding carboxylic acids is 3. The number of rotatable bonds is 8. The van der Waals surface area contributed by atoms with Gasteiger partial charge >= 0.3 is 17.9 Å². The number of esters is 2. The zero-order valence-electron chi connectivity index (χ0n) is 12.0. The molecule has 1 aromatic rings. The fraction of sp³-hybridized carbons (Fsp3) is 0.333. The van der Waals surface area contributed by atoms with Crippen molar-refractivity contribution in [3.8, 4) is 0 Å². The Kier molecular flexibility index (Phi) is 6.75. The molecule has 0 heterocycles. The Bertz CT molecular complexity index is 550. The number of hydrogen-bond acceptors (Lipinski definition) is 6. The van der Waals surface area contributed by atoms with Crippen LogP contribution < -0.4 is 0 Å². The van der Waals surface area contributed by atoms with Crippen molar-refractivity contribution < 1.29 is 33.8 Å². The maximum absolute atomic E-state index is 11.9. The van der Waals surface area contributed by atoms with Gasteiger partial charge in [-0.1, -0.05) is 30.3 Å². The van der Waals surface area contributed by atoms with Crippen LogP contribution in [0.5, 0.6) is 0 Å². The number of ether oxygens (including phenoxy) is 2. The third kappa shape index (κ3) is 5.74. The minimum Gasteiger partial charge on any atom is -0.481 e. The van der Waals surface area contributed by atoms with E-state index in [-0.39, 0.29) is 6.61 Å². The maximum Gasteiger partial charge on any atom is 0.352 e. The number of carbonyl (C=O) groups is 4. The Morgan fingerprint density at radius 2 is 1.73 bits per heavy atom. The molecule has 0 unspecified atom stereocenters. The van der Waals surface area contributed by atoms with E-state index in [0.717, 1.165) is 0 Å². The largest absolute Gasteiger partial charge is 0.481 e. The first-order valence-corrected chi connectivity index (χ1v) is 6.58. The number of benzene rings is 1. The van der Waals surface area contributed by atoms with Crippen LogP contribution in [0.3, 0.4) is 0 Å². The highest BCUT2D eigenvalue weighted by Crippen LogP contribution is 2.20. The number of Topliss-reactive ketones (excluding diaryl/α,β-unsaturated/α-hetero) is 1. The number of ketones is 1. The molecule has 7 heteroatoms. The first kappa shape index (κ1) is 17.4. The summed E-state index contributed by atoms with van der Waals surface area (Å²) in [5.41, 5.74) is 0.403. The van der Waals surface area contributed by atoms with Gasteiger partial charge in [0.2, 0.25) is 6.10 Å². The lowest BCUT2D eigenvalue weighted by Crippen LogP contribution is -2.23. The quantitative estimate of drug-likeness (QED) is 0.569. The van der Waals surface area contributed by atoms with E-state index < -0.39 is 42.6 Å². The lowest BCUT2D eigenvalue weighted by molar-refractivity contribution is -0.169. The van der Waals surface area contributed by atoms with Crippen LogP contribution in [-0.4, -0.2) is 35.4 Å². The molecule has 0 aliphatic carbocycles. The zero-order valence-corrected chi connectivity index (χ0v) is 12.0. The molecule has 0 aromatic heterocycles. The van der Waals surface area contributed by atoms with Crippen molar-refractivity contribution in [1.29, 1.82) is 0 Å². The minimum absolute atomic E-state index is 0.109. The van der Waals surface area contributed by atoms with Crippen LogP contribution >= 0.6 is 0 Å². The Morgan fingerprint density at radius 3 is 2.27 bits per heavy atom. The van der Waals surface area contributed by atoms with E-state index in [1.54, 1.807) is 37.3 Å². The fourth-order valence-electron chi connectivity index (χ4n) is 1.66. The van der Waals surface area contributed by atoms with Gasteiger partial charge < -0.3 is 14.6 Å². The monoisotopic (exact) mass is 308 g/mol. The van der Waals surface area contributed by atoms with Gasteiger partial charge in [0.05, 0.1) is 6.61 Å². The van der Waals surface area contributed by atoms with Gasteiger partial charge in [-0.3, -0.25) is 14.4 Å². The number of carboxylic acid groups (broad SMARTS) is 1. The number of aliphatic carboxylic acids is 1. The summed E-state index contributed by atoms with van der Waals surface area (Å²) in [5, 5.41) is 8.47. The zero-order chi connectivity index (χ0) is 16.5. The number of carboxylic acids is 1. The molecule has 0 bridgehead atoms. The Labute approximate surface area is 126 Å². The summed E-state index contributed by atoms with van der Waals surface area (Å²) in [5.74, 6) is -3.86. The van der Waals surface area contributed by atoms with Gasteiger partial charge in [0, 0.05) is 5.56 Å². The highest BCUT2D eigenvalue weighted by Gasteiger charge is 2.27. The van der Waals surface area contributed by atoms with Crippen molar-refractivity contribution >= 4 is 23.7 Å². The SMILES string of the molecule is CCOC(=O)[C@@H](OC(=O)CC(=O)CC(=O)O)c1ccccc1. The predicted molar refractivity (Wildman–Crippen MR) is 73.8 cm³/mol. The molecule has 0 saturated heterocycles. The van der Waals surface area contributed by atoms with E-state index in [4.69, 9.17) is 14.6 Å². The van der Waals surface area contributed by atoms with E-state index in [0.29, 0.717) is 5.56 Å². The van der Waals surface area contributed by atoms with Crippen LogP contribution in [0.25, 0.3) is 0 Å². The highest BCUT2D eigenvalue weighted by molar-refractivity contribution is 6.03. The Hall–Kier alpha value is -2.70. The molecule has 0 fully saturated rings. The van der Waals surface area contributed by atoms with Gasteiger partial charge in [0.1, 0.15) is 12.8 Å². The van der Waals surface area contributed by atoms with Gasteiger partial charge in [0.25, 0.3) is 0 Å². The van der Waals surface area contributed by atoms with Gasteiger partial charge in [-0.15, -0.1) is 0 Å². The van der Waals surface area contributed by atoms with Crippen LogP contribution in [0, 0.1) is 0 Å². The van der Waals surface area contributed by atoms with E-state index in [2.05, 4.69) is 0 Å². The first-order chi connectivity index (χ1) is 10.4. The lowest BCUT2D eigenvalue weighted by Gasteiger charge is -2.16. The maximum atomic E-state index is 11.9. The van der Waals surface area contributed by atoms with Crippen LogP contribution in [0.2, 0.25) is 0 Å². The highest BCUT2D eigenvalue weighted by atomic mass is 16.6. The van der Waals surface area contributed by atoms with Crippen LogP contribution in [0.15, 0.2) is 30.3 Å². The first-order valence-electron chi connectivity index (χ1n) is 6.58. The van der Waals surface area contributed by atoms with Crippen molar-refractivity contribution in [2.75, 3.05) is 6.61 Å². The summed E-state index contributed by atoms with van der Waals surface area (Å²) in [6.07, 6.45) is -2.77. The third-order valence-electron chi connectivity index (χ3n) is 2.54. The van der Waals surface area contributed by atoms with Gasteiger partial charge in [0.15, 0.2) is 5.78 Å². The summed E-state index contributed by atoms with van der Waals surface area (Å²) >= 11 is 0. The molecule has 118 valence electrons. The second-order valence-electron chi connectivity index (χ2n) is 4.32. The van der Waals surface area contributed by atoms with E-state index in [1.165, 1.54) is 0 Å². The van der Waals surface area contributed by atoms with Crippen LogP contribution in [0.1, 0.15) is 31.4 Å². The molecule has 1 N–H and O–H groups in total. The van der Waals surface area contributed by atoms with E-state index in [1.807, 2.05) is 0 Å². The molecular formula is C15H16O7. The average molecular weight is 308 g/mol. The molecule has 1 atom stereocenters. The predicted octanol–water partition coefficient (Wildman–Crippen LogP) is 1.27. The van der Waals surface area contributed by atoms with Crippen molar-refractivity contribution in [3.05, 3.63) is 35.9 Å². The van der Waals surface area contributed by atoms with Gasteiger partial charge in [-0.05, 0) is 6.92 Å². The van der Waals surface area contributed by atoms with Crippen LogP contribution in [-0.2, 0) is 28.7 Å². The fourth-order valence-corrected chi connectivity index (χ4v) is 1.66. The van der Waals surface area contributed by atoms with Gasteiger partial charge in [-0.2, -0.15) is 0 Å². The lowest BCUT2D eigenvalue weighted by atomic mass is 10.1. The average Bonchev–Trinajstić information content (AvgIpc) is 2.44. The van der Waals surface area contributed by atoms with Crippen molar-refractivity contribution in [2.45, 2.75) is 25.9 Å². The molecule has 1 aromatic carbocycles. The molecule has 0 aliphatic rings. The Balaban J connectivity index is 2.77. The third-order valence-corrected chi connectivity index (χ3v) is 2.54. The molecule has 0 spiro atoms. The smallest absolute Gasteiger partial charge is 0.352 e. The standard InChI is InChI=1S/C15H16O7/c1-2-21-15(20)14(10-6-4-3-5-7-10)22-13(19)9-11(16)8-12(17)18/h3-7,14H,2,8-9H2,1H3,(H,17,18)/t14-/m0/s1. The summed E-state index contributed by atoms with van der Waals surface area (Å²) in [6.45, 7) is 1.72. The normalized spacial score (nSPS) is 11.3. The van der Waals surface area contributed by atoms with Crippen molar-refractivity contribution in [2.24, 2.45) is 0 Å². The van der Waals surface area contributed by atoms with E-state index >= 15 is 0 Å². The molecule has 7 nitrogen and oxygen atoms in total. The van der Waals surface area contributed by atoms with Crippen molar-refractivity contribution in [3.63, 3.8) is 0 Å². The molecule has 22 heavy (non-hydrogen) atoms. The number of hydrogen-bond donors (Lipinski definition) is 1.